The van der Waals surface area contributed by atoms with Gasteiger partial charge in [-0.15, -0.1) is 0 Å². The molecule has 0 amide bonds. The van der Waals surface area contributed by atoms with Gasteiger partial charge in [0, 0.05) is 6.54 Å². The Morgan fingerprint density at radius 1 is 1.31 bits per heavy atom. The Balaban J connectivity index is 2.56. The second-order valence-electron chi connectivity index (χ2n) is 2.70. The number of rotatable bonds is 5. The van der Waals surface area contributed by atoms with Crippen molar-refractivity contribution in [2.75, 3.05) is 13.6 Å². The minimum absolute atomic E-state index is 0.0823. The van der Waals surface area contributed by atoms with Crippen molar-refractivity contribution in [3.05, 3.63) is 35.9 Å². The van der Waals surface area contributed by atoms with Crippen LogP contribution in [0.5, 0.6) is 0 Å². The molecule has 13 heavy (non-hydrogen) atoms. The summed E-state index contributed by atoms with van der Waals surface area (Å²) in [5, 5.41) is 3.07. The highest BCUT2D eigenvalue weighted by Gasteiger charge is 2.07. The number of hydrogen-bond donors (Lipinski definition) is 2. The zero-order valence-corrected chi connectivity index (χ0v) is 8.08. The fraction of sp³-hybridized carbons (Fsp3) is 0.400. The van der Waals surface area contributed by atoms with Crippen molar-refractivity contribution in [1.82, 2.24) is 10.8 Å². The van der Waals surface area contributed by atoms with Gasteiger partial charge in [-0.25, -0.2) is 5.48 Å². The number of hydrogen-bond acceptors (Lipinski definition) is 3. The highest BCUT2D eigenvalue weighted by molar-refractivity contribution is 5.16. The van der Waals surface area contributed by atoms with E-state index in [0.717, 1.165) is 12.1 Å². The standard InChI is InChI=1S/C10H16N2O/c1-3-12-13-10(11-2)9-7-5-4-6-8-9/h4-8,10-12H,3H2,1-2H3. The molecule has 1 aromatic rings. The molecule has 1 rings (SSSR count). The van der Waals surface area contributed by atoms with Gasteiger partial charge in [0.1, 0.15) is 0 Å². The van der Waals surface area contributed by atoms with Crippen LogP contribution in [0.3, 0.4) is 0 Å². The topological polar surface area (TPSA) is 33.3 Å². The summed E-state index contributed by atoms with van der Waals surface area (Å²) in [5.74, 6) is 0. The summed E-state index contributed by atoms with van der Waals surface area (Å²) in [6, 6.07) is 10.0. The SMILES string of the molecule is CCNOC(NC)c1ccccc1. The maximum Gasteiger partial charge on any atom is 0.155 e. The van der Waals surface area contributed by atoms with Crippen LogP contribution in [0.15, 0.2) is 30.3 Å². The van der Waals surface area contributed by atoms with Gasteiger partial charge in [0.2, 0.25) is 0 Å². The van der Waals surface area contributed by atoms with Gasteiger partial charge >= 0.3 is 0 Å². The summed E-state index contributed by atoms with van der Waals surface area (Å²) in [6.07, 6.45) is -0.0823. The van der Waals surface area contributed by atoms with Crippen molar-refractivity contribution in [3.63, 3.8) is 0 Å². The third-order valence-electron chi connectivity index (χ3n) is 1.71. The van der Waals surface area contributed by atoms with Gasteiger partial charge in [0.25, 0.3) is 0 Å². The lowest BCUT2D eigenvalue weighted by Crippen LogP contribution is -2.26. The van der Waals surface area contributed by atoms with Gasteiger partial charge < -0.3 is 0 Å². The van der Waals surface area contributed by atoms with Crippen LogP contribution in [0.1, 0.15) is 18.7 Å². The van der Waals surface area contributed by atoms with Gasteiger partial charge in [-0.05, 0) is 12.6 Å². The molecular weight excluding hydrogens is 164 g/mol. The Morgan fingerprint density at radius 2 is 2.00 bits per heavy atom. The van der Waals surface area contributed by atoms with Crippen molar-refractivity contribution in [2.45, 2.75) is 13.2 Å². The average Bonchev–Trinajstić information content (AvgIpc) is 2.21. The van der Waals surface area contributed by atoms with E-state index in [0.29, 0.717) is 0 Å². The molecular formula is C10H16N2O. The third-order valence-corrected chi connectivity index (χ3v) is 1.71. The molecule has 1 unspecified atom stereocenters. The number of nitrogens with one attached hydrogen (secondary N) is 2. The lowest BCUT2D eigenvalue weighted by molar-refractivity contribution is -0.0386. The molecule has 3 heteroatoms. The van der Waals surface area contributed by atoms with Crippen LogP contribution in [-0.4, -0.2) is 13.6 Å². The Kier molecular flexibility index (Phi) is 4.46. The molecule has 0 aliphatic carbocycles. The first-order chi connectivity index (χ1) is 6.38. The molecule has 3 nitrogen and oxygen atoms in total. The molecule has 0 aliphatic heterocycles. The van der Waals surface area contributed by atoms with Crippen LogP contribution < -0.4 is 10.8 Å². The molecule has 0 aromatic heterocycles. The van der Waals surface area contributed by atoms with Crippen LogP contribution >= 0.6 is 0 Å². The predicted octanol–water partition coefficient (Wildman–Crippen LogP) is 1.45. The first kappa shape index (κ1) is 10.2. The lowest BCUT2D eigenvalue weighted by Gasteiger charge is -2.16. The number of benzene rings is 1. The molecule has 0 heterocycles. The van der Waals surface area contributed by atoms with Gasteiger partial charge in [-0.1, -0.05) is 37.3 Å². The van der Waals surface area contributed by atoms with E-state index < -0.39 is 0 Å². The van der Waals surface area contributed by atoms with Crippen LogP contribution in [0.25, 0.3) is 0 Å². The number of hydroxylamine groups is 1. The van der Waals surface area contributed by atoms with E-state index in [1.807, 2.05) is 44.3 Å². The first-order valence-corrected chi connectivity index (χ1v) is 4.49. The van der Waals surface area contributed by atoms with Gasteiger partial charge in [0.05, 0.1) is 0 Å². The van der Waals surface area contributed by atoms with Crippen molar-refractivity contribution in [3.8, 4) is 0 Å². The van der Waals surface area contributed by atoms with E-state index in [1.165, 1.54) is 0 Å². The van der Waals surface area contributed by atoms with Crippen LogP contribution in [0.2, 0.25) is 0 Å². The quantitative estimate of drug-likeness (QED) is 0.531. The Labute approximate surface area is 79.1 Å². The van der Waals surface area contributed by atoms with Crippen molar-refractivity contribution in [2.24, 2.45) is 0 Å². The molecule has 0 aliphatic rings. The molecule has 0 radical (unpaired) electrons. The fourth-order valence-corrected chi connectivity index (χ4v) is 1.09. The molecule has 0 saturated carbocycles. The van der Waals surface area contributed by atoms with Crippen LogP contribution in [0, 0.1) is 0 Å². The molecule has 2 N–H and O–H groups in total. The maximum absolute atomic E-state index is 5.37. The Morgan fingerprint density at radius 3 is 2.54 bits per heavy atom. The molecule has 1 aromatic carbocycles. The highest BCUT2D eigenvalue weighted by Crippen LogP contribution is 2.11. The van der Waals surface area contributed by atoms with E-state index in [4.69, 9.17) is 4.84 Å². The van der Waals surface area contributed by atoms with Crippen molar-refractivity contribution >= 4 is 0 Å². The van der Waals surface area contributed by atoms with Crippen LogP contribution in [0.4, 0.5) is 0 Å². The van der Waals surface area contributed by atoms with E-state index >= 15 is 0 Å². The summed E-state index contributed by atoms with van der Waals surface area (Å²) in [4.78, 5) is 5.37. The minimum atomic E-state index is -0.0823. The Hall–Kier alpha value is -0.900. The summed E-state index contributed by atoms with van der Waals surface area (Å²) >= 11 is 0. The smallest absolute Gasteiger partial charge is 0.155 e. The molecule has 0 bridgehead atoms. The normalized spacial score (nSPS) is 12.8. The predicted molar refractivity (Wildman–Crippen MR) is 53.0 cm³/mol. The van der Waals surface area contributed by atoms with E-state index in [2.05, 4.69) is 10.8 Å². The van der Waals surface area contributed by atoms with Gasteiger partial charge in [0.15, 0.2) is 6.23 Å². The summed E-state index contributed by atoms with van der Waals surface area (Å²) in [5.41, 5.74) is 3.95. The molecule has 1 atom stereocenters. The zero-order chi connectivity index (χ0) is 9.52. The monoisotopic (exact) mass is 180 g/mol. The van der Waals surface area contributed by atoms with Crippen molar-refractivity contribution in [1.29, 1.82) is 0 Å². The molecule has 72 valence electrons. The fourth-order valence-electron chi connectivity index (χ4n) is 1.09. The summed E-state index contributed by atoms with van der Waals surface area (Å²) in [7, 11) is 1.87. The average molecular weight is 180 g/mol. The molecule has 0 saturated heterocycles. The lowest BCUT2D eigenvalue weighted by atomic mass is 10.2. The van der Waals surface area contributed by atoms with E-state index in [9.17, 15) is 0 Å². The molecule has 0 spiro atoms. The van der Waals surface area contributed by atoms with E-state index in [-0.39, 0.29) is 6.23 Å². The van der Waals surface area contributed by atoms with Crippen molar-refractivity contribution < 1.29 is 4.84 Å². The second kappa shape index (κ2) is 5.70. The zero-order valence-electron chi connectivity index (χ0n) is 8.08. The van der Waals surface area contributed by atoms with E-state index in [1.54, 1.807) is 0 Å². The van der Waals surface area contributed by atoms with Gasteiger partial charge in [-0.3, -0.25) is 10.2 Å². The Bertz CT molecular complexity index is 226. The first-order valence-electron chi connectivity index (χ1n) is 4.49. The highest BCUT2D eigenvalue weighted by atomic mass is 16.7. The molecule has 0 fully saturated rings. The van der Waals surface area contributed by atoms with Crippen LogP contribution in [-0.2, 0) is 4.84 Å². The second-order valence-corrected chi connectivity index (χ2v) is 2.70. The summed E-state index contributed by atoms with van der Waals surface area (Å²) < 4.78 is 0. The minimum Gasteiger partial charge on any atom is -0.290 e. The van der Waals surface area contributed by atoms with Gasteiger partial charge in [-0.2, -0.15) is 0 Å². The maximum atomic E-state index is 5.37. The summed E-state index contributed by atoms with van der Waals surface area (Å²) in [6.45, 7) is 2.79. The largest absolute Gasteiger partial charge is 0.290 e. The third kappa shape index (κ3) is 3.14.